The van der Waals surface area contributed by atoms with Gasteiger partial charge in [0.25, 0.3) is 0 Å². The van der Waals surface area contributed by atoms with E-state index in [9.17, 15) is 26.7 Å². The first-order chi connectivity index (χ1) is 8.76. The van der Waals surface area contributed by atoms with Crippen molar-refractivity contribution in [2.24, 2.45) is 0 Å². The van der Waals surface area contributed by atoms with Gasteiger partial charge in [-0.05, 0) is 13.0 Å². The zero-order valence-electron chi connectivity index (χ0n) is 11.5. The number of ketones is 1. The molecule has 1 rings (SSSR count). The van der Waals surface area contributed by atoms with Crippen LogP contribution in [0.25, 0.3) is 0 Å². The molecule has 0 N–H and O–H groups in total. The Morgan fingerprint density at radius 3 is 2.05 bits per heavy atom. The number of rotatable bonds is 3. The molecule has 0 amide bonds. The Morgan fingerprint density at radius 1 is 1.20 bits per heavy atom. The van der Waals surface area contributed by atoms with Gasteiger partial charge in [0.2, 0.25) is 0 Å². The summed E-state index contributed by atoms with van der Waals surface area (Å²) in [5.41, 5.74) is -1.96. The molecule has 1 aromatic heterocycles. The molecule has 0 saturated heterocycles. The van der Waals surface area contributed by atoms with E-state index in [1.807, 2.05) is 0 Å². The van der Waals surface area contributed by atoms with Gasteiger partial charge in [-0.2, -0.15) is 27.1 Å². The molecule has 0 fully saturated rings. The van der Waals surface area contributed by atoms with E-state index in [1.165, 1.54) is 0 Å². The third-order valence-corrected chi connectivity index (χ3v) is 2.60. The molecule has 0 aliphatic rings. The Hall–Kier alpha value is -1.47. The van der Waals surface area contributed by atoms with Crippen LogP contribution in [0.2, 0.25) is 0 Å². The Morgan fingerprint density at radius 2 is 1.70 bits per heavy atom. The zero-order valence-corrected chi connectivity index (χ0v) is 11.5. The number of halogens is 5. The quantitative estimate of drug-likeness (QED) is 0.801. The van der Waals surface area contributed by atoms with E-state index in [0.29, 0.717) is 10.7 Å². The van der Waals surface area contributed by atoms with Crippen molar-refractivity contribution in [3.63, 3.8) is 0 Å². The molecule has 0 bridgehead atoms. The van der Waals surface area contributed by atoms with Crippen LogP contribution in [0, 0.1) is 0 Å². The molecule has 1 heterocycles. The Bertz CT molecular complexity index is 511. The van der Waals surface area contributed by atoms with Crippen molar-refractivity contribution >= 4 is 5.78 Å². The van der Waals surface area contributed by atoms with Crippen LogP contribution < -0.4 is 0 Å². The fraction of sp³-hybridized carbons (Fsp3) is 0.667. The van der Waals surface area contributed by atoms with Gasteiger partial charge in [0.15, 0.2) is 5.78 Å². The average molecular weight is 298 g/mol. The summed E-state index contributed by atoms with van der Waals surface area (Å²) in [6, 6.07) is 0.705. The van der Waals surface area contributed by atoms with E-state index in [4.69, 9.17) is 0 Å². The SMILES string of the molecule is CC(=O)Cn1nc(C(C)(C)C)cc1C(F)(F)C(F)(F)F. The number of aromatic nitrogens is 2. The number of nitrogens with zero attached hydrogens (tertiary/aromatic N) is 2. The van der Waals surface area contributed by atoms with Gasteiger partial charge < -0.3 is 0 Å². The lowest BCUT2D eigenvalue weighted by atomic mass is 9.92. The Kier molecular flexibility index (Phi) is 4.00. The van der Waals surface area contributed by atoms with Crippen molar-refractivity contribution in [1.82, 2.24) is 9.78 Å². The molecule has 0 aliphatic carbocycles. The molecule has 1 aromatic rings. The standard InChI is InChI=1S/C12H15F5N2O/c1-7(20)6-19-9(11(13,14)12(15,16)17)5-8(18-19)10(2,3)4/h5H,6H2,1-4H3. The summed E-state index contributed by atoms with van der Waals surface area (Å²) in [5.74, 6) is -5.62. The minimum atomic E-state index is -5.74. The van der Waals surface area contributed by atoms with Crippen LogP contribution in [0.1, 0.15) is 39.1 Å². The zero-order chi connectivity index (χ0) is 15.9. The highest BCUT2D eigenvalue weighted by atomic mass is 19.4. The highest BCUT2D eigenvalue weighted by Gasteiger charge is 2.61. The van der Waals surface area contributed by atoms with E-state index in [2.05, 4.69) is 5.10 Å². The van der Waals surface area contributed by atoms with Gasteiger partial charge in [-0.25, -0.2) is 0 Å². The first-order valence-electron chi connectivity index (χ1n) is 5.79. The van der Waals surface area contributed by atoms with Crippen LogP contribution in [0.5, 0.6) is 0 Å². The van der Waals surface area contributed by atoms with Crippen molar-refractivity contribution < 1.29 is 26.7 Å². The molecule has 0 unspecified atom stereocenters. The van der Waals surface area contributed by atoms with Gasteiger partial charge in [0.05, 0.1) is 12.2 Å². The average Bonchev–Trinajstić information content (AvgIpc) is 2.58. The Balaban J connectivity index is 3.44. The number of hydrogen-bond donors (Lipinski definition) is 0. The van der Waals surface area contributed by atoms with Crippen LogP contribution >= 0.6 is 0 Å². The topological polar surface area (TPSA) is 34.9 Å². The molecular formula is C12H15F5N2O. The maximum absolute atomic E-state index is 13.5. The van der Waals surface area contributed by atoms with Crippen molar-refractivity contribution in [3.8, 4) is 0 Å². The molecule has 0 radical (unpaired) electrons. The number of carbonyl (C=O) groups is 1. The summed E-state index contributed by atoms with van der Waals surface area (Å²) in [6.07, 6.45) is -5.74. The summed E-state index contributed by atoms with van der Waals surface area (Å²) in [7, 11) is 0. The molecule has 3 nitrogen and oxygen atoms in total. The summed E-state index contributed by atoms with van der Waals surface area (Å²) in [5, 5.41) is 3.72. The summed E-state index contributed by atoms with van der Waals surface area (Å²) in [6.45, 7) is 5.35. The Labute approximate surface area is 112 Å². The van der Waals surface area contributed by atoms with Crippen LogP contribution in [0.15, 0.2) is 6.07 Å². The van der Waals surface area contributed by atoms with Gasteiger partial charge in [0.1, 0.15) is 5.69 Å². The summed E-state index contributed by atoms with van der Waals surface area (Å²) in [4.78, 5) is 11.0. The first kappa shape index (κ1) is 16.6. The molecule has 0 aliphatic heterocycles. The molecule has 0 aromatic carbocycles. The van der Waals surface area contributed by atoms with Crippen molar-refractivity contribution in [1.29, 1.82) is 0 Å². The summed E-state index contributed by atoms with van der Waals surface area (Å²) < 4.78 is 64.8. The first-order valence-corrected chi connectivity index (χ1v) is 5.79. The lowest BCUT2D eigenvalue weighted by molar-refractivity contribution is -0.292. The van der Waals surface area contributed by atoms with Gasteiger partial charge >= 0.3 is 12.1 Å². The second-order valence-electron chi connectivity index (χ2n) is 5.60. The molecular weight excluding hydrogens is 283 g/mol. The van der Waals surface area contributed by atoms with E-state index in [1.54, 1.807) is 20.8 Å². The maximum Gasteiger partial charge on any atom is 0.459 e. The predicted octanol–water partition coefficient (Wildman–Crippen LogP) is 3.42. The lowest BCUT2D eigenvalue weighted by Crippen LogP contribution is -2.36. The molecule has 0 saturated carbocycles. The fourth-order valence-corrected chi connectivity index (χ4v) is 1.51. The highest BCUT2D eigenvalue weighted by Crippen LogP contribution is 2.44. The number of Topliss-reactive ketones (excluding diaryl/α,β-unsaturated/α-hetero) is 1. The van der Waals surface area contributed by atoms with Crippen molar-refractivity contribution in [3.05, 3.63) is 17.5 Å². The molecule has 20 heavy (non-hydrogen) atoms. The lowest BCUT2D eigenvalue weighted by Gasteiger charge is -2.20. The van der Waals surface area contributed by atoms with E-state index >= 15 is 0 Å². The highest BCUT2D eigenvalue weighted by molar-refractivity contribution is 5.75. The van der Waals surface area contributed by atoms with Crippen molar-refractivity contribution in [2.75, 3.05) is 0 Å². The molecule has 0 atom stereocenters. The van der Waals surface area contributed by atoms with Crippen LogP contribution in [0.4, 0.5) is 22.0 Å². The molecule has 114 valence electrons. The van der Waals surface area contributed by atoms with E-state index in [0.717, 1.165) is 6.92 Å². The number of hydrogen-bond acceptors (Lipinski definition) is 2. The van der Waals surface area contributed by atoms with Gasteiger partial charge in [-0.3, -0.25) is 9.48 Å². The number of alkyl halides is 5. The van der Waals surface area contributed by atoms with Crippen LogP contribution in [-0.2, 0) is 22.7 Å². The summed E-state index contributed by atoms with van der Waals surface area (Å²) >= 11 is 0. The third-order valence-electron chi connectivity index (χ3n) is 2.60. The van der Waals surface area contributed by atoms with Gasteiger partial charge in [-0.1, -0.05) is 20.8 Å². The third kappa shape index (κ3) is 3.16. The predicted molar refractivity (Wildman–Crippen MR) is 61.6 cm³/mol. The normalized spacial score (nSPS) is 13.7. The smallest absolute Gasteiger partial charge is 0.298 e. The van der Waals surface area contributed by atoms with Crippen LogP contribution in [-0.4, -0.2) is 21.7 Å². The minimum Gasteiger partial charge on any atom is -0.298 e. The van der Waals surface area contributed by atoms with E-state index in [-0.39, 0.29) is 5.69 Å². The second kappa shape index (κ2) is 4.82. The largest absolute Gasteiger partial charge is 0.459 e. The van der Waals surface area contributed by atoms with Crippen LogP contribution in [0.3, 0.4) is 0 Å². The molecule has 0 spiro atoms. The van der Waals surface area contributed by atoms with E-state index < -0.39 is 35.5 Å². The van der Waals surface area contributed by atoms with Gasteiger partial charge in [-0.15, -0.1) is 0 Å². The monoisotopic (exact) mass is 298 g/mol. The number of carbonyl (C=O) groups excluding carboxylic acids is 1. The fourth-order valence-electron chi connectivity index (χ4n) is 1.51. The maximum atomic E-state index is 13.5. The molecule has 8 heteroatoms. The second-order valence-corrected chi connectivity index (χ2v) is 5.60. The minimum absolute atomic E-state index is 0.0673. The van der Waals surface area contributed by atoms with Gasteiger partial charge in [0, 0.05) is 5.41 Å². The van der Waals surface area contributed by atoms with Crippen molar-refractivity contribution in [2.45, 2.75) is 51.8 Å².